The van der Waals surface area contributed by atoms with Crippen LogP contribution in [0.1, 0.15) is 16.3 Å². The number of carbonyl (C=O) groups is 1. The van der Waals surface area contributed by atoms with Crippen molar-refractivity contribution in [2.24, 2.45) is 0 Å². The molecule has 0 bridgehead atoms. The highest BCUT2D eigenvalue weighted by Gasteiger charge is 2.12. The summed E-state index contributed by atoms with van der Waals surface area (Å²) in [5.41, 5.74) is 1.01. The van der Waals surface area contributed by atoms with Gasteiger partial charge in [0.2, 0.25) is 5.91 Å². The van der Waals surface area contributed by atoms with Crippen molar-refractivity contribution in [2.45, 2.75) is 27.0 Å². The summed E-state index contributed by atoms with van der Waals surface area (Å²) < 4.78 is 12.4. The van der Waals surface area contributed by atoms with E-state index in [2.05, 4.69) is 15.4 Å². The van der Waals surface area contributed by atoms with Crippen molar-refractivity contribution in [3.63, 3.8) is 0 Å². The van der Waals surface area contributed by atoms with E-state index in [-0.39, 0.29) is 23.9 Å². The van der Waals surface area contributed by atoms with E-state index in [4.69, 9.17) is 21.4 Å². The lowest BCUT2D eigenvalue weighted by Crippen LogP contribution is -2.19. The summed E-state index contributed by atoms with van der Waals surface area (Å²) in [6, 6.07) is 7.64. The fourth-order valence-corrected chi connectivity index (χ4v) is 2.96. The summed E-state index contributed by atoms with van der Waals surface area (Å²) >= 11 is 6.50. The highest BCUT2D eigenvalue weighted by molar-refractivity contribution is 7.71. The Kier molecular flexibility index (Phi) is 5.25. The average Bonchev–Trinajstić information content (AvgIpc) is 3.12. The Bertz CT molecular complexity index is 945. The Morgan fingerprint density at radius 3 is 2.92 bits per heavy atom. The number of aromatic nitrogens is 3. The largest absolute Gasteiger partial charge is 0.484 e. The minimum Gasteiger partial charge on any atom is -0.484 e. The summed E-state index contributed by atoms with van der Waals surface area (Å²) in [6.07, 6.45) is 1.70. The zero-order chi connectivity index (χ0) is 17.8. The van der Waals surface area contributed by atoms with E-state index >= 15 is 0 Å². The Hall–Kier alpha value is -2.52. The van der Waals surface area contributed by atoms with Gasteiger partial charge in [-0.15, -0.1) is 16.4 Å². The number of hydrogen-bond donors (Lipinski definition) is 1. The van der Waals surface area contributed by atoms with Gasteiger partial charge in [-0.05, 0) is 37.7 Å². The number of para-hydroxylation sites is 1. The van der Waals surface area contributed by atoms with Gasteiger partial charge in [0.1, 0.15) is 12.3 Å². The summed E-state index contributed by atoms with van der Waals surface area (Å²) in [5.74, 6) is 0.784. The number of rotatable bonds is 6. The fourth-order valence-electron chi connectivity index (χ4n) is 2.07. The van der Waals surface area contributed by atoms with Gasteiger partial charge in [0.25, 0.3) is 10.7 Å². The normalized spacial score (nSPS) is 10.6. The number of ether oxygens (including phenoxy) is 1. The molecule has 3 rings (SSSR count). The van der Waals surface area contributed by atoms with Crippen LogP contribution >= 0.6 is 23.6 Å². The molecule has 0 atom stereocenters. The van der Waals surface area contributed by atoms with Crippen LogP contribution in [0.25, 0.3) is 0 Å². The molecule has 9 heteroatoms. The zero-order valence-corrected chi connectivity index (χ0v) is 15.3. The Labute approximate surface area is 153 Å². The van der Waals surface area contributed by atoms with Crippen LogP contribution in [-0.4, -0.2) is 20.7 Å². The van der Waals surface area contributed by atoms with Gasteiger partial charge in [-0.25, -0.2) is 9.67 Å². The molecule has 1 amide bonds. The van der Waals surface area contributed by atoms with Crippen LogP contribution < -0.4 is 10.1 Å². The first-order valence-corrected chi connectivity index (χ1v) is 8.71. The van der Waals surface area contributed by atoms with Gasteiger partial charge in [0, 0.05) is 11.1 Å². The molecular formula is C16H16N4O3S2. The van der Waals surface area contributed by atoms with Crippen molar-refractivity contribution in [2.75, 3.05) is 5.32 Å². The number of amides is 1. The molecule has 0 spiro atoms. The summed E-state index contributed by atoms with van der Waals surface area (Å²) in [6.45, 7) is 3.95. The SMILES string of the molecule is Cc1cnc(NC(=O)Cn2nc(COc3ccccc3C)oc2=S)s1. The van der Waals surface area contributed by atoms with Crippen LogP contribution in [0.3, 0.4) is 0 Å². The highest BCUT2D eigenvalue weighted by Crippen LogP contribution is 2.18. The maximum atomic E-state index is 12.1. The lowest BCUT2D eigenvalue weighted by atomic mass is 10.2. The molecule has 0 radical (unpaired) electrons. The second-order valence-corrected chi connectivity index (χ2v) is 6.88. The zero-order valence-electron chi connectivity index (χ0n) is 13.7. The first-order chi connectivity index (χ1) is 12.0. The topological polar surface area (TPSA) is 82.2 Å². The number of nitrogens with zero attached hydrogens (tertiary/aromatic N) is 3. The monoisotopic (exact) mass is 376 g/mol. The third-order valence-corrected chi connectivity index (χ3v) is 4.38. The molecule has 7 nitrogen and oxygen atoms in total. The minimum atomic E-state index is -0.273. The number of aryl methyl sites for hydroxylation is 2. The van der Waals surface area contributed by atoms with Crippen LogP contribution in [0, 0.1) is 18.7 Å². The van der Waals surface area contributed by atoms with Crippen LogP contribution in [0.5, 0.6) is 5.75 Å². The molecule has 0 unspecified atom stereocenters. The van der Waals surface area contributed by atoms with Gasteiger partial charge in [0.15, 0.2) is 11.7 Å². The predicted molar refractivity (Wildman–Crippen MR) is 96.3 cm³/mol. The third kappa shape index (κ3) is 4.52. The van der Waals surface area contributed by atoms with Crippen LogP contribution in [-0.2, 0) is 17.9 Å². The number of benzene rings is 1. The quantitative estimate of drug-likeness (QED) is 0.663. The number of anilines is 1. The smallest absolute Gasteiger partial charge is 0.287 e. The molecule has 2 heterocycles. The Morgan fingerprint density at radius 1 is 1.40 bits per heavy atom. The van der Waals surface area contributed by atoms with Crippen molar-refractivity contribution >= 4 is 34.6 Å². The predicted octanol–water partition coefficient (Wildman–Crippen LogP) is 3.50. The number of carbonyl (C=O) groups excluding carboxylic acids is 1. The number of thiazole rings is 1. The molecule has 0 saturated carbocycles. The lowest BCUT2D eigenvalue weighted by molar-refractivity contribution is -0.117. The molecule has 1 aromatic carbocycles. The molecule has 0 saturated heterocycles. The number of hydrogen-bond acceptors (Lipinski definition) is 7. The Balaban J connectivity index is 1.61. The molecule has 0 aliphatic heterocycles. The first-order valence-electron chi connectivity index (χ1n) is 7.49. The molecule has 3 aromatic rings. The summed E-state index contributed by atoms with van der Waals surface area (Å²) in [5, 5.41) is 7.43. The van der Waals surface area contributed by atoms with Crippen LogP contribution in [0.2, 0.25) is 0 Å². The second-order valence-electron chi connectivity index (χ2n) is 5.30. The fraction of sp³-hybridized carbons (Fsp3) is 0.250. The van der Waals surface area contributed by atoms with Gasteiger partial charge in [0.05, 0.1) is 0 Å². The molecule has 0 aliphatic carbocycles. The van der Waals surface area contributed by atoms with Crippen molar-refractivity contribution in [1.29, 1.82) is 0 Å². The molecule has 1 N–H and O–H groups in total. The second kappa shape index (κ2) is 7.58. The highest BCUT2D eigenvalue weighted by atomic mass is 32.1. The molecule has 25 heavy (non-hydrogen) atoms. The third-order valence-electron chi connectivity index (χ3n) is 3.25. The molecule has 2 aromatic heterocycles. The average molecular weight is 376 g/mol. The molecular weight excluding hydrogens is 360 g/mol. The van der Waals surface area contributed by atoms with Gasteiger partial charge >= 0.3 is 0 Å². The van der Waals surface area contributed by atoms with Crippen molar-refractivity contribution in [3.8, 4) is 5.75 Å². The minimum absolute atomic E-state index is 0.0503. The molecule has 0 aliphatic rings. The summed E-state index contributed by atoms with van der Waals surface area (Å²) in [4.78, 5) is 17.3. The van der Waals surface area contributed by atoms with E-state index in [9.17, 15) is 4.79 Å². The van der Waals surface area contributed by atoms with Crippen molar-refractivity contribution in [1.82, 2.24) is 14.8 Å². The van der Waals surface area contributed by atoms with Crippen molar-refractivity contribution < 1.29 is 13.9 Å². The summed E-state index contributed by atoms with van der Waals surface area (Å²) in [7, 11) is 0. The van der Waals surface area contributed by atoms with Gasteiger partial charge in [-0.1, -0.05) is 18.2 Å². The maximum Gasteiger partial charge on any atom is 0.287 e. The van der Waals surface area contributed by atoms with E-state index in [0.29, 0.717) is 11.0 Å². The van der Waals surface area contributed by atoms with Gasteiger partial charge in [-0.3, -0.25) is 4.79 Å². The van der Waals surface area contributed by atoms with E-state index in [0.717, 1.165) is 16.2 Å². The van der Waals surface area contributed by atoms with E-state index < -0.39 is 0 Å². The van der Waals surface area contributed by atoms with Crippen molar-refractivity contribution in [3.05, 3.63) is 51.6 Å². The Morgan fingerprint density at radius 2 is 2.20 bits per heavy atom. The number of nitrogens with one attached hydrogen (secondary N) is 1. The van der Waals surface area contributed by atoms with E-state index in [1.807, 2.05) is 38.1 Å². The van der Waals surface area contributed by atoms with E-state index in [1.54, 1.807) is 6.20 Å². The lowest BCUT2D eigenvalue weighted by Gasteiger charge is -2.05. The van der Waals surface area contributed by atoms with Crippen LogP contribution in [0.15, 0.2) is 34.9 Å². The van der Waals surface area contributed by atoms with Crippen LogP contribution in [0.4, 0.5) is 5.13 Å². The standard InChI is InChI=1S/C16H16N4O3S2/c1-10-5-3-4-6-12(10)22-9-14-19-20(16(24)23-14)8-13(21)18-15-17-7-11(2)25-15/h3-7H,8-9H2,1-2H3,(H,17,18,21). The molecule has 0 fully saturated rings. The van der Waals surface area contributed by atoms with Gasteiger partial charge in [-0.2, -0.15) is 0 Å². The molecule has 130 valence electrons. The van der Waals surface area contributed by atoms with E-state index in [1.165, 1.54) is 16.0 Å². The maximum absolute atomic E-state index is 12.1. The first kappa shape index (κ1) is 17.3. The van der Waals surface area contributed by atoms with Gasteiger partial charge < -0.3 is 14.5 Å².